The van der Waals surface area contributed by atoms with Gasteiger partial charge in [-0.05, 0) is 42.0 Å². The van der Waals surface area contributed by atoms with E-state index in [4.69, 9.17) is 16.3 Å². The largest absolute Gasteiger partial charge is 0.402 e. The van der Waals surface area contributed by atoms with E-state index >= 15 is 0 Å². The zero-order valence-corrected chi connectivity index (χ0v) is 13.1. The highest BCUT2D eigenvalue weighted by atomic mass is 79.9. The average molecular weight is 363 g/mol. The molecular formula is C16H9BrClNO2. The highest BCUT2D eigenvalue weighted by Crippen LogP contribution is 2.21. The summed E-state index contributed by atoms with van der Waals surface area (Å²) in [5, 5.41) is 0.643. The number of esters is 1. The number of benzene rings is 2. The smallest absolute Gasteiger partial charge is 0.363 e. The summed E-state index contributed by atoms with van der Waals surface area (Å²) in [6.07, 6.45) is 1.67. The summed E-state index contributed by atoms with van der Waals surface area (Å²) >= 11 is 9.21. The Labute approximate surface area is 135 Å². The zero-order valence-electron chi connectivity index (χ0n) is 10.7. The molecule has 104 valence electrons. The van der Waals surface area contributed by atoms with E-state index < -0.39 is 5.97 Å². The quantitative estimate of drug-likeness (QED) is 0.585. The minimum Gasteiger partial charge on any atom is -0.402 e. The maximum absolute atomic E-state index is 11.9. The van der Waals surface area contributed by atoms with Crippen LogP contribution >= 0.6 is 27.5 Å². The van der Waals surface area contributed by atoms with Gasteiger partial charge in [-0.2, -0.15) is 0 Å². The van der Waals surface area contributed by atoms with Crippen molar-refractivity contribution in [2.45, 2.75) is 0 Å². The molecule has 0 aromatic heterocycles. The Balaban J connectivity index is 1.93. The van der Waals surface area contributed by atoms with Crippen molar-refractivity contribution < 1.29 is 9.53 Å². The van der Waals surface area contributed by atoms with Crippen molar-refractivity contribution in [3.8, 4) is 0 Å². The lowest BCUT2D eigenvalue weighted by atomic mass is 10.2. The first-order valence-corrected chi connectivity index (χ1v) is 7.33. The van der Waals surface area contributed by atoms with E-state index in [2.05, 4.69) is 20.9 Å². The van der Waals surface area contributed by atoms with Crippen LogP contribution in [0, 0.1) is 0 Å². The highest BCUT2D eigenvalue weighted by molar-refractivity contribution is 9.10. The molecule has 2 aromatic rings. The van der Waals surface area contributed by atoms with Crippen LogP contribution in [0.2, 0.25) is 5.02 Å². The van der Waals surface area contributed by atoms with Gasteiger partial charge in [-0.25, -0.2) is 9.79 Å². The third kappa shape index (κ3) is 3.23. The first-order valence-electron chi connectivity index (χ1n) is 6.16. The van der Waals surface area contributed by atoms with Crippen LogP contribution in [0.3, 0.4) is 0 Å². The zero-order chi connectivity index (χ0) is 14.8. The summed E-state index contributed by atoms with van der Waals surface area (Å²) in [4.78, 5) is 16.1. The van der Waals surface area contributed by atoms with Crippen LogP contribution in [-0.4, -0.2) is 11.9 Å². The second kappa shape index (κ2) is 5.84. The molecule has 1 aliphatic rings. The minimum atomic E-state index is -0.458. The van der Waals surface area contributed by atoms with Crippen LogP contribution in [0.15, 0.2) is 63.7 Å². The topological polar surface area (TPSA) is 38.7 Å². The predicted octanol–water partition coefficient (Wildman–Crippen LogP) is 4.45. The number of hydrogen-bond acceptors (Lipinski definition) is 3. The van der Waals surface area contributed by atoms with Crippen LogP contribution in [-0.2, 0) is 9.53 Å². The number of hydrogen-bond donors (Lipinski definition) is 0. The number of carbonyl (C=O) groups is 1. The van der Waals surface area contributed by atoms with E-state index in [0.29, 0.717) is 10.9 Å². The molecule has 0 atom stereocenters. The van der Waals surface area contributed by atoms with Crippen molar-refractivity contribution in [2.24, 2.45) is 4.99 Å². The van der Waals surface area contributed by atoms with Gasteiger partial charge in [-0.1, -0.05) is 45.7 Å². The van der Waals surface area contributed by atoms with Crippen LogP contribution < -0.4 is 0 Å². The molecule has 2 aromatic carbocycles. The second-order valence-electron chi connectivity index (χ2n) is 4.40. The van der Waals surface area contributed by atoms with Crippen LogP contribution in [0.1, 0.15) is 11.1 Å². The molecule has 5 heteroatoms. The van der Waals surface area contributed by atoms with Gasteiger partial charge in [0.1, 0.15) is 0 Å². The fourth-order valence-corrected chi connectivity index (χ4v) is 2.40. The number of carbonyl (C=O) groups excluding carboxylic acids is 1. The summed E-state index contributed by atoms with van der Waals surface area (Å²) in [5.41, 5.74) is 1.86. The molecule has 0 N–H and O–H groups in total. The molecule has 0 unspecified atom stereocenters. The van der Waals surface area contributed by atoms with Crippen molar-refractivity contribution >= 4 is 45.5 Å². The molecule has 3 nitrogen and oxygen atoms in total. The Morgan fingerprint density at radius 1 is 1.14 bits per heavy atom. The molecule has 0 amide bonds. The predicted molar refractivity (Wildman–Crippen MR) is 86.2 cm³/mol. The van der Waals surface area contributed by atoms with Crippen molar-refractivity contribution in [3.05, 3.63) is 74.9 Å². The Bertz CT molecular complexity index is 766. The molecule has 3 rings (SSSR count). The highest BCUT2D eigenvalue weighted by Gasteiger charge is 2.24. The monoisotopic (exact) mass is 361 g/mol. The SMILES string of the molecule is O=C1OC(c2cccc(Br)c2)=NC1=Cc1ccc(Cl)cc1. The second-order valence-corrected chi connectivity index (χ2v) is 5.75. The van der Waals surface area contributed by atoms with Crippen molar-refractivity contribution in [1.29, 1.82) is 0 Å². The molecule has 0 bridgehead atoms. The first-order chi connectivity index (χ1) is 10.1. The van der Waals surface area contributed by atoms with Gasteiger partial charge in [-0.15, -0.1) is 0 Å². The molecule has 0 saturated heterocycles. The number of nitrogens with zero attached hydrogens (tertiary/aromatic N) is 1. The van der Waals surface area contributed by atoms with E-state index in [-0.39, 0.29) is 5.70 Å². The molecule has 0 radical (unpaired) electrons. The van der Waals surface area contributed by atoms with E-state index in [1.165, 1.54) is 0 Å². The van der Waals surface area contributed by atoms with Gasteiger partial charge in [0.2, 0.25) is 5.90 Å². The Morgan fingerprint density at radius 2 is 1.90 bits per heavy atom. The molecule has 1 aliphatic heterocycles. The summed E-state index contributed by atoms with van der Waals surface area (Å²) in [5.74, 6) is -0.151. The molecule has 21 heavy (non-hydrogen) atoms. The van der Waals surface area contributed by atoms with Gasteiger partial charge >= 0.3 is 5.97 Å². The van der Waals surface area contributed by atoms with E-state index in [0.717, 1.165) is 15.6 Å². The van der Waals surface area contributed by atoms with E-state index in [1.54, 1.807) is 18.2 Å². The number of halogens is 2. The van der Waals surface area contributed by atoms with Crippen LogP contribution in [0.4, 0.5) is 0 Å². The molecule has 0 aliphatic carbocycles. The third-order valence-corrected chi connectivity index (χ3v) is 3.61. The number of cyclic esters (lactones) is 1. The maximum Gasteiger partial charge on any atom is 0.363 e. The Morgan fingerprint density at radius 3 is 2.62 bits per heavy atom. The van der Waals surface area contributed by atoms with E-state index in [9.17, 15) is 4.79 Å². The molecule has 1 heterocycles. The van der Waals surface area contributed by atoms with Gasteiger partial charge in [0, 0.05) is 15.1 Å². The minimum absolute atomic E-state index is 0.271. The lowest BCUT2D eigenvalue weighted by Crippen LogP contribution is -2.05. The Hall–Kier alpha value is -1.91. The van der Waals surface area contributed by atoms with E-state index in [1.807, 2.05) is 36.4 Å². The number of rotatable bonds is 2. The summed E-state index contributed by atoms with van der Waals surface area (Å²) in [6.45, 7) is 0. The fourth-order valence-electron chi connectivity index (χ4n) is 1.87. The summed E-state index contributed by atoms with van der Waals surface area (Å²) in [6, 6.07) is 14.6. The maximum atomic E-state index is 11.9. The molecule has 0 fully saturated rings. The molecular weight excluding hydrogens is 354 g/mol. The van der Waals surface area contributed by atoms with Gasteiger partial charge in [-0.3, -0.25) is 0 Å². The van der Waals surface area contributed by atoms with Crippen LogP contribution in [0.25, 0.3) is 6.08 Å². The Kier molecular flexibility index (Phi) is 3.90. The third-order valence-electron chi connectivity index (χ3n) is 2.87. The van der Waals surface area contributed by atoms with Crippen molar-refractivity contribution in [1.82, 2.24) is 0 Å². The van der Waals surface area contributed by atoms with Crippen LogP contribution in [0.5, 0.6) is 0 Å². The molecule has 0 spiro atoms. The normalized spacial score (nSPS) is 16.0. The standard InChI is InChI=1S/C16H9BrClNO2/c17-12-3-1-2-11(9-12)15-19-14(16(20)21-15)8-10-4-6-13(18)7-5-10/h1-9H. The summed E-state index contributed by atoms with van der Waals surface area (Å²) in [7, 11) is 0. The molecule has 0 saturated carbocycles. The fraction of sp³-hybridized carbons (Fsp3) is 0. The van der Waals surface area contributed by atoms with Crippen molar-refractivity contribution in [3.63, 3.8) is 0 Å². The average Bonchev–Trinajstić information content (AvgIpc) is 2.83. The number of aliphatic imine (C=N–C) groups is 1. The summed E-state index contributed by atoms with van der Waals surface area (Å²) < 4.78 is 6.10. The van der Waals surface area contributed by atoms with Gasteiger partial charge in [0.15, 0.2) is 5.70 Å². The van der Waals surface area contributed by atoms with Crippen molar-refractivity contribution in [2.75, 3.05) is 0 Å². The lowest BCUT2D eigenvalue weighted by molar-refractivity contribution is -0.129. The lowest BCUT2D eigenvalue weighted by Gasteiger charge is -1.99. The first kappa shape index (κ1) is 14.0. The number of ether oxygens (including phenoxy) is 1. The van der Waals surface area contributed by atoms with Gasteiger partial charge < -0.3 is 4.74 Å². The van der Waals surface area contributed by atoms with Gasteiger partial charge in [0.05, 0.1) is 0 Å². The van der Waals surface area contributed by atoms with Gasteiger partial charge in [0.25, 0.3) is 0 Å².